The van der Waals surface area contributed by atoms with Gasteiger partial charge in [0.15, 0.2) is 0 Å². The number of carbonyl (C=O) groups excluding carboxylic acids is 1. The summed E-state index contributed by atoms with van der Waals surface area (Å²) in [6.45, 7) is 6.15. The zero-order valence-corrected chi connectivity index (χ0v) is 11.7. The molecule has 0 saturated heterocycles. The van der Waals surface area contributed by atoms with Crippen LogP contribution >= 0.6 is 0 Å². The van der Waals surface area contributed by atoms with Gasteiger partial charge in [0, 0.05) is 5.69 Å². The number of benzene rings is 2. The molecule has 0 radical (unpaired) electrons. The van der Waals surface area contributed by atoms with Crippen LogP contribution in [0.3, 0.4) is 0 Å². The van der Waals surface area contributed by atoms with Crippen molar-refractivity contribution >= 4 is 11.6 Å². The van der Waals surface area contributed by atoms with Gasteiger partial charge in [-0.2, -0.15) is 0 Å². The largest absolute Gasteiger partial charge is 0.326 e. The molecule has 2 aromatic rings. The maximum Gasteiger partial charge on any atom is 0.228 e. The maximum absolute atomic E-state index is 12.0. The average Bonchev–Trinajstić information content (AvgIpc) is 2.34. The molecule has 0 aliphatic rings. The van der Waals surface area contributed by atoms with E-state index in [1.54, 1.807) is 0 Å². The van der Waals surface area contributed by atoms with Crippen molar-refractivity contribution < 1.29 is 4.79 Å². The van der Waals surface area contributed by atoms with Gasteiger partial charge in [0.25, 0.3) is 0 Å². The first-order valence-corrected chi connectivity index (χ1v) is 6.47. The van der Waals surface area contributed by atoms with Crippen LogP contribution in [0, 0.1) is 20.8 Å². The fraction of sp³-hybridized carbons (Fsp3) is 0.235. The first kappa shape index (κ1) is 13.3. The van der Waals surface area contributed by atoms with Crippen molar-refractivity contribution in [3.8, 4) is 0 Å². The van der Waals surface area contributed by atoms with Gasteiger partial charge in [-0.15, -0.1) is 0 Å². The van der Waals surface area contributed by atoms with Crippen LogP contribution in [-0.4, -0.2) is 5.91 Å². The summed E-state index contributed by atoms with van der Waals surface area (Å²) in [5, 5.41) is 2.93. The van der Waals surface area contributed by atoms with Crippen LogP contribution in [0.5, 0.6) is 0 Å². The number of anilines is 1. The molecule has 0 heterocycles. The first-order chi connectivity index (χ1) is 9.04. The van der Waals surface area contributed by atoms with Crippen molar-refractivity contribution in [3.63, 3.8) is 0 Å². The number of hydrogen-bond acceptors (Lipinski definition) is 1. The van der Waals surface area contributed by atoms with E-state index in [2.05, 4.69) is 31.3 Å². The Morgan fingerprint density at radius 3 is 2.47 bits per heavy atom. The molecule has 2 heteroatoms. The van der Waals surface area contributed by atoms with Crippen LogP contribution in [0.4, 0.5) is 5.69 Å². The minimum Gasteiger partial charge on any atom is -0.326 e. The summed E-state index contributed by atoms with van der Waals surface area (Å²) in [6.07, 6.45) is 0.412. The van der Waals surface area contributed by atoms with Crippen molar-refractivity contribution in [2.24, 2.45) is 0 Å². The summed E-state index contributed by atoms with van der Waals surface area (Å²) < 4.78 is 0. The fourth-order valence-electron chi connectivity index (χ4n) is 2.03. The monoisotopic (exact) mass is 253 g/mol. The Labute approximate surface area is 114 Å². The second-order valence-corrected chi connectivity index (χ2v) is 5.01. The molecule has 1 amide bonds. The SMILES string of the molecule is Cc1cccc(NC(=O)Cc2ccc(C)c(C)c2)c1. The Hall–Kier alpha value is -2.09. The molecule has 0 aliphatic heterocycles. The molecule has 0 aromatic heterocycles. The molecule has 0 unspecified atom stereocenters. The van der Waals surface area contributed by atoms with Gasteiger partial charge in [-0.05, 0) is 55.2 Å². The highest BCUT2D eigenvalue weighted by Gasteiger charge is 2.05. The van der Waals surface area contributed by atoms with E-state index in [1.807, 2.05) is 37.3 Å². The molecule has 98 valence electrons. The van der Waals surface area contributed by atoms with E-state index in [0.29, 0.717) is 6.42 Å². The van der Waals surface area contributed by atoms with Crippen molar-refractivity contribution in [2.45, 2.75) is 27.2 Å². The Balaban J connectivity index is 2.03. The van der Waals surface area contributed by atoms with Gasteiger partial charge in [0.05, 0.1) is 6.42 Å². The van der Waals surface area contributed by atoms with E-state index in [1.165, 1.54) is 11.1 Å². The van der Waals surface area contributed by atoms with Gasteiger partial charge in [0.1, 0.15) is 0 Å². The third-order valence-electron chi connectivity index (χ3n) is 3.24. The Morgan fingerprint density at radius 2 is 1.79 bits per heavy atom. The predicted molar refractivity (Wildman–Crippen MR) is 79.4 cm³/mol. The van der Waals surface area contributed by atoms with Gasteiger partial charge < -0.3 is 5.32 Å². The van der Waals surface area contributed by atoms with Gasteiger partial charge in [0.2, 0.25) is 5.91 Å². The highest BCUT2D eigenvalue weighted by molar-refractivity contribution is 5.92. The van der Waals surface area contributed by atoms with Crippen molar-refractivity contribution in [3.05, 3.63) is 64.7 Å². The Kier molecular flexibility index (Phi) is 4.00. The van der Waals surface area contributed by atoms with Crippen molar-refractivity contribution in [1.82, 2.24) is 0 Å². The zero-order valence-electron chi connectivity index (χ0n) is 11.7. The standard InChI is InChI=1S/C17H19NO/c1-12-5-4-6-16(9-12)18-17(19)11-15-8-7-13(2)14(3)10-15/h4-10H,11H2,1-3H3,(H,18,19). The summed E-state index contributed by atoms with van der Waals surface area (Å²) in [7, 11) is 0. The van der Waals surface area contributed by atoms with Crippen molar-refractivity contribution in [1.29, 1.82) is 0 Å². The molecular weight excluding hydrogens is 234 g/mol. The minimum atomic E-state index is 0.0221. The number of carbonyl (C=O) groups is 1. The van der Waals surface area contributed by atoms with Crippen LogP contribution < -0.4 is 5.32 Å². The molecule has 2 aromatic carbocycles. The molecule has 0 saturated carbocycles. The maximum atomic E-state index is 12.0. The molecule has 0 spiro atoms. The van der Waals surface area contributed by atoms with E-state index in [4.69, 9.17) is 0 Å². The van der Waals surface area contributed by atoms with E-state index in [-0.39, 0.29) is 5.91 Å². The van der Waals surface area contributed by atoms with Crippen LogP contribution in [0.15, 0.2) is 42.5 Å². The molecule has 2 nitrogen and oxygen atoms in total. The number of hydrogen-bond donors (Lipinski definition) is 1. The molecule has 0 aliphatic carbocycles. The summed E-state index contributed by atoms with van der Waals surface area (Å²) in [4.78, 5) is 12.0. The lowest BCUT2D eigenvalue weighted by atomic mass is 10.0. The first-order valence-electron chi connectivity index (χ1n) is 6.47. The van der Waals surface area contributed by atoms with E-state index in [0.717, 1.165) is 16.8 Å². The van der Waals surface area contributed by atoms with E-state index in [9.17, 15) is 4.79 Å². The molecular formula is C17H19NO. The summed E-state index contributed by atoms with van der Waals surface area (Å²) in [6, 6.07) is 14.0. The van der Waals surface area contributed by atoms with Gasteiger partial charge >= 0.3 is 0 Å². The van der Waals surface area contributed by atoms with Crippen LogP contribution in [0.2, 0.25) is 0 Å². The molecule has 0 atom stereocenters. The van der Waals surface area contributed by atoms with Gasteiger partial charge in [-0.25, -0.2) is 0 Å². The summed E-state index contributed by atoms with van der Waals surface area (Å²) >= 11 is 0. The van der Waals surface area contributed by atoms with E-state index >= 15 is 0 Å². The molecule has 0 fully saturated rings. The second kappa shape index (κ2) is 5.70. The lowest BCUT2D eigenvalue weighted by Crippen LogP contribution is -2.14. The van der Waals surface area contributed by atoms with E-state index < -0.39 is 0 Å². The molecule has 19 heavy (non-hydrogen) atoms. The van der Waals surface area contributed by atoms with Crippen LogP contribution in [0.25, 0.3) is 0 Å². The lowest BCUT2D eigenvalue weighted by Gasteiger charge is -2.07. The smallest absolute Gasteiger partial charge is 0.228 e. The molecule has 1 N–H and O–H groups in total. The Morgan fingerprint density at radius 1 is 1.00 bits per heavy atom. The lowest BCUT2D eigenvalue weighted by molar-refractivity contribution is -0.115. The zero-order chi connectivity index (χ0) is 13.8. The van der Waals surface area contributed by atoms with Crippen molar-refractivity contribution in [2.75, 3.05) is 5.32 Å². The molecule has 2 rings (SSSR count). The molecule has 0 bridgehead atoms. The van der Waals surface area contributed by atoms with Crippen LogP contribution in [0.1, 0.15) is 22.3 Å². The minimum absolute atomic E-state index is 0.0221. The fourth-order valence-corrected chi connectivity index (χ4v) is 2.03. The van der Waals surface area contributed by atoms with Gasteiger partial charge in [-0.3, -0.25) is 4.79 Å². The second-order valence-electron chi connectivity index (χ2n) is 5.01. The Bertz CT molecular complexity index is 602. The topological polar surface area (TPSA) is 29.1 Å². The number of nitrogens with one attached hydrogen (secondary N) is 1. The number of amides is 1. The highest BCUT2D eigenvalue weighted by Crippen LogP contribution is 2.13. The summed E-state index contributed by atoms with van der Waals surface area (Å²) in [5.41, 5.74) is 5.52. The number of rotatable bonds is 3. The average molecular weight is 253 g/mol. The highest BCUT2D eigenvalue weighted by atomic mass is 16.1. The van der Waals surface area contributed by atoms with Crippen LogP contribution in [-0.2, 0) is 11.2 Å². The third kappa shape index (κ3) is 3.68. The summed E-state index contributed by atoms with van der Waals surface area (Å²) in [5.74, 6) is 0.0221. The normalized spacial score (nSPS) is 10.3. The predicted octanol–water partition coefficient (Wildman–Crippen LogP) is 3.79. The number of aryl methyl sites for hydroxylation is 3. The third-order valence-corrected chi connectivity index (χ3v) is 3.24. The van der Waals surface area contributed by atoms with Gasteiger partial charge in [-0.1, -0.05) is 30.3 Å². The quantitative estimate of drug-likeness (QED) is 0.885.